The standard InChI is InChI=1S/C21H14F3NO4/c22-21(23,24)15-5-2-1-4-14(15)17-10-8-13(29-17)9-11-19(26)25-16-6-3-7-18-20(16)28-12-27-18/h1-11H,12H2,(H,25,26)/b11-9+. The zero-order valence-electron chi connectivity index (χ0n) is 14.8. The summed E-state index contributed by atoms with van der Waals surface area (Å²) in [5.41, 5.74) is -0.405. The van der Waals surface area contributed by atoms with Crippen LogP contribution in [-0.4, -0.2) is 12.7 Å². The molecule has 3 aromatic rings. The topological polar surface area (TPSA) is 60.7 Å². The number of alkyl halides is 3. The lowest BCUT2D eigenvalue weighted by Crippen LogP contribution is -2.08. The van der Waals surface area contributed by atoms with Crippen LogP contribution in [0.15, 0.2) is 65.1 Å². The molecule has 2 heterocycles. The maximum absolute atomic E-state index is 13.2. The SMILES string of the molecule is O=C(/C=C/c1ccc(-c2ccccc2C(F)(F)F)o1)Nc1cccc2c1OCO2. The predicted molar refractivity (Wildman–Crippen MR) is 99.4 cm³/mol. The Kier molecular flexibility index (Phi) is 4.75. The van der Waals surface area contributed by atoms with Crippen LogP contribution >= 0.6 is 0 Å². The zero-order chi connectivity index (χ0) is 20.4. The molecule has 4 rings (SSSR count). The molecule has 148 valence electrons. The lowest BCUT2D eigenvalue weighted by molar-refractivity contribution is -0.137. The lowest BCUT2D eigenvalue weighted by atomic mass is 10.1. The van der Waals surface area contributed by atoms with Crippen molar-refractivity contribution < 1.29 is 31.9 Å². The Morgan fingerprint density at radius 2 is 1.83 bits per heavy atom. The van der Waals surface area contributed by atoms with Crippen molar-refractivity contribution in [3.8, 4) is 22.8 Å². The van der Waals surface area contributed by atoms with E-state index in [0.29, 0.717) is 17.2 Å². The Hall–Kier alpha value is -3.68. The molecule has 0 radical (unpaired) electrons. The van der Waals surface area contributed by atoms with Gasteiger partial charge in [0, 0.05) is 11.6 Å². The van der Waals surface area contributed by atoms with E-state index in [1.807, 2.05) is 0 Å². The molecule has 0 saturated heterocycles. The summed E-state index contributed by atoms with van der Waals surface area (Å²) >= 11 is 0. The van der Waals surface area contributed by atoms with Gasteiger partial charge in [-0.25, -0.2) is 0 Å². The van der Waals surface area contributed by atoms with Gasteiger partial charge in [0.15, 0.2) is 11.5 Å². The fraction of sp³-hybridized carbons (Fsp3) is 0.0952. The van der Waals surface area contributed by atoms with Crippen molar-refractivity contribution >= 4 is 17.7 Å². The summed E-state index contributed by atoms with van der Waals surface area (Å²) in [5, 5.41) is 2.66. The van der Waals surface area contributed by atoms with Crippen molar-refractivity contribution in [1.29, 1.82) is 0 Å². The molecule has 0 unspecified atom stereocenters. The number of para-hydroxylation sites is 1. The molecule has 0 saturated carbocycles. The van der Waals surface area contributed by atoms with Crippen LogP contribution in [0, 0.1) is 0 Å². The number of halogens is 3. The first-order valence-corrected chi connectivity index (χ1v) is 8.56. The smallest absolute Gasteiger partial charge is 0.417 e. The number of amides is 1. The number of anilines is 1. The van der Waals surface area contributed by atoms with Gasteiger partial charge in [-0.1, -0.05) is 24.3 Å². The maximum atomic E-state index is 13.2. The second-order valence-electron chi connectivity index (χ2n) is 6.11. The number of rotatable bonds is 4. The highest BCUT2D eigenvalue weighted by Gasteiger charge is 2.34. The second-order valence-corrected chi connectivity index (χ2v) is 6.11. The minimum atomic E-state index is -4.50. The highest BCUT2D eigenvalue weighted by atomic mass is 19.4. The van der Waals surface area contributed by atoms with E-state index in [0.717, 1.165) is 6.07 Å². The van der Waals surface area contributed by atoms with E-state index in [4.69, 9.17) is 13.9 Å². The number of fused-ring (bicyclic) bond motifs is 1. The highest BCUT2D eigenvalue weighted by molar-refractivity contribution is 6.03. The highest BCUT2D eigenvalue weighted by Crippen LogP contribution is 2.39. The molecular weight excluding hydrogens is 387 g/mol. The lowest BCUT2D eigenvalue weighted by Gasteiger charge is -2.10. The molecule has 29 heavy (non-hydrogen) atoms. The van der Waals surface area contributed by atoms with Gasteiger partial charge in [0.1, 0.15) is 11.5 Å². The number of ether oxygens (including phenoxy) is 2. The molecule has 1 aliphatic rings. The van der Waals surface area contributed by atoms with Gasteiger partial charge >= 0.3 is 6.18 Å². The van der Waals surface area contributed by atoms with Gasteiger partial charge in [-0.05, 0) is 36.4 Å². The maximum Gasteiger partial charge on any atom is 0.417 e. The number of hydrogen-bond acceptors (Lipinski definition) is 4. The van der Waals surface area contributed by atoms with Gasteiger partial charge in [-0.2, -0.15) is 13.2 Å². The van der Waals surface area contributed by atoms with Gasteiger partial charge < -0.3 is 19.2 Å². The molecule has 0 fully saturated rings. The van der Waals surface area contributed by atoms with Gasteiger partial charge in [0.25, 0.3) is 0 Å². The molecule has 8 heteroatoms. The molecule has 1 N–H and O–H groups in total. The predicted octanol–water partition coefficient (Wildman–Crippen LogP) is 5.35. The Morgan fingerprint density at radius 1 is 1.00 bits per heavy atom. The van der Waals surface area contributed by atoms with E-state index in [9.17, 15) is 18.0 Å². The van der Waals surface area contributed by atoms with Crippen LogP contribution in [0.1, 0.15) is 11.3 Å². The van der Waals surface area contributed by atoms with Gasteiger partial charge in [0.05, 0.1) is 11.3 Å². The molecular formula is C21H14F3NO4. The normalized spacial score (nSPS) is 13.1. The van der Waals surface area contributed by atoms with Crippen LogP contribution in [-0.2, 0) is 11.0 Å². The van der Waals surface area contributed by atoms with Crippen LogP contribution in [0.3, 0.4) is 0 Å². The quantitative estimate of drug-likeness (QED) is 0.599. The first-order valence-electron chi connectivity index (χ1n) is 8.56. The first-order chi connectivity index (χ1) is 13.9. The molecule has 2 aromatic carbocycles. The number of carbonyl (C=O) groups is 1. The summed E-state index contributed by atoms with van der Waals surface area (Å²) < 4.78 is 55.5. The third-order valence-electron chi connectivity index (χ3n) is 4.18. The molecule has 0 atom stereocenters. The zero-order valence-corrected chi connectivity index (χ0v) is 14.8. The molecule has 0 aliphatic carbocycles. The van der Waals surface area contributed by atoms with E-state index in [1.165, 1.54) is 42.5 Å². The molecule has 1 aliphatic heterocycles. The molecule has 0 bridgehead atoms. The first kappa shape index (κ1) is 18.7. The van der Waals surface area contributed by atoms with Crippen LogP contribution in [0.5, 0.6) is 11.5 Å². The van der Waals surface area contributed by atoms with E-state index in [2.05, 4.69) is 5.32 Å². The summed E-state index contributed by atoms with van der Waals surface area (Å²) in [5.74, 6) is 0.820. The number of hydrogen-bond donors (Lipinski definition) is 1. The summed E-state index contributed by atoms with van der Waals surface area (Å²) in [6, 6.07) is 13.2. The van der Waals surface area contributed by atoms with E-state index in [-0.39, 0.29) is 23.9 Å². The summed E-state index contributed by atoms with van der Waals surface area (Å²) in [6.07, 6.45) is -1.91. The fourth-order valence-corrected chi connectivity index (χ4v) is 2.89. The Labute approximate surface area is 163 Å². The van der Waals surface area contributed by atoms with Crippen LogP contribution in [0.2, 0.25) is 0 Å². The summed E-state index contributed by atoms with van der Waals surface area (Å²) in [7, 11) is 0. The average molecular weight is 401 g/mol. The van der Waals surface area contributed by atoms with E-state index >= 15 is 0 Å². The summed E-state index contributed by atoms with van der Waals surface area (Å²) in [4.78, 5) is 12.2. The second kappa shape index (κ2) is 7.38. The Bertz CT molecular complexity index is 1090. The number of nitrogens with one attached hydrogen (secondary N) is 1. The monoisotopic (exact) mass is 401 g/mol. The third-order valence-corrected chi connectivity index (χ3v) is 4.18. The third kappa shape index (κ3) is 3.96. The number of benzene rings is 2. The summed E-state index contributed by atoms with van der Waals surface area (Å²) in [6.45, 7) is 0.0760. The largest absolute Gasteiger partial charge is 0.457 e. The van der Waals surface area contributed by atoms with Crippen LogP contribution in [0.25, 0.3) is 17.4 Å². The minimum Gasteiger partial charge on any atom is -0.457 e. The van der Waals surface area contributed by atoms with Crippen LogP contribution in [0.4, 0.5) is 18.9 Å². The molecule has 5 nitrogen and oxygen atoms in total. The van der Waals surface area contributed by atoms with E-state index in [1.54, 1.807) is 18.2 Å². The van der Waals surface area contributed by atoms with Gasteiger partial charge in [-0.3, -0.25) is 4.79 Å². The fourth-order valence-electron chi connectivity index (χ4n) is 2.89. The van der Waals surface area contributed by atoms with Crippen molar-refractivity contribution in [2.24, 2.45) is 0 Å². The Morgan fingerprint density at radius 3 is 2.66 bits per heavy atom. The van der Waals surface area contributed by atoms with Crippen molar-refractivity contribution in [3.63, 3.8) is 0 Å². The number of carbonyl (C=O) groups excluding carboxylic acids is 1. The van der Waals surface area contributed by atoms with Crippen molar-refractivity contribution in [2.75, 3.05) is 12.1 Å². The van der Waals surface area contributed by atoms with E-state index < -0.39 is 17.6 Å². The van der Waals surface area contributed by atoms with Crippen molar-refractivity contribution in [2.45, 2.75) is 6.18 Å². The van der Waals surface area contributed by atoms with Crippen LogP contribution < -0.4 is 14.8 Å². The minimum absolute atomic E-state index is 0.0596. The van der Waals surface area contributed by atoms with Crippen molar-refractivity contribution in [1.82, 2.24) is 0 Å². The van der Waals surface area contributed by atoms with Gasteiger partial charge in [-0.15, -0.1) is 0 Å². The average Bonchev–Trinajstić information content (AvgIpc) is 3.36. The molecule has 1 aromatic heterocycles. The van der Waals surface area contributed by atoms with Gasteiger partial charge in [0.2, 0.25) is 12.7 Å². The van der Waals surface area contributed by atoms with Crippen molar-refractivity contribution in [3.05, 3.63) is 72.0 Å². The Balaban J connectivity index is 1.50. The number of furan rings is 1. The molecule has 0 spiro atoms. The molecule has 1 amide bonds.